The lowest BCUT2D eigenvalue weighted by atomic mass is 10.1. The number of pyridine rings is 1. The minimum atomic E-state index is -0.282. The number of aromatic nitrogens is 1. The zero-order valence-electron chi connectivity index (χ0n) is 12.1. The van der Waals surface area contributed by atoms with Crippen molar-refractivity contribution in [3.05, 3.63) is 46.7 Å². The number of phenols is 1. The number of hydrogen-bond donors (Lipinski definition) is 2. The van der Waals surface area contributed by atoms with E-state index in [2.05, 4.69) is 10.3 Å². The molecule has 0 atom stereocenters. The first-order valence-corrected chi connectivity index (χ1v) is 6.76. The van der Waals surface area contributed by atoms with Crippen LogP contribution in [-0.4, -0.2) is 30.2 Å². The molecular weight excluding hydrogens is 308 g/mol. The van der Waals surface area contributed by atoms with Gasteiger partial charge in [0.25, 0.3) is 5.91 Å². The molecule has 1 aromatic heterocycles. The van der Waals surface area contributed by atoms with Gasteiger partial charge < -0.3 is 19.9 Å². The maximum Gasteiger partial charge on any atom is 0.251 e. The molecule has 1 heterocycles. The lowest BCUT2D eigenvalue weighted by molar-refractivity contribution is 0.0950. The van der Waals surface area contributed by atoms with Gasteiger partial charge in [-0.05, 0) is 29.8 Å². The van der Waals surface area contributed by atoms with Crippen molar-refractivity contribution in [2.75, 3.05) is 14.2 Å². The van der Waals surface area contributed by atoms with Crippen LogP contribution in [0, 0.1) is 0 Å². The van der Waals surface area contributed by atoms with Gasteiger partial charge in [0, 0.05) is 18.3 Å². The molecule has 7 heteroatoms. The molecule has 0 spiro atoms. The molecule has 0 aliphatic heterocycles. The number of nitrogens with zero attached hydrogens (tertiary/aromatic N) is 1. The highest BCUT2D eigenvalue weighted by molar-refractivity contribution is 6.29. The summed E-state index contributed by atoms with van der Waals surface area (Å²) in [6, 6.07) is 6.30. The van der Waals surface area contributed by atoms with E-state index in [1.807, 2.05) is 0 Å². The second kappa shape index (κ2) is 7.00. The quantitative estimate of drug-likeness (QED) is 0.826. The Balaban J connectivity index is 2.13. The Kier molecular flexibility index (Phi) is 5.06. The van der Waals surface area contributed by atoms with Crippen LogP contribution in [0.5, 0.6) is 17.2 Å². The minimum absolute atomic E-state index is 0.0824. The van der Waals surface area contributed by atoms with Crippen LogP contribution in [0.2, 0.25) is 5.15 Å². The van der Waals surface area contributed by atoms with Crippen LogP contribution in [0.1, 0.15) is 15.9 Å². The normalized spacial score (nSPS) is 10.1. The Morgan fingerprint density at radius 3 is 2.45 bits per heavy atom. The molecule has 0 aliphatic rings. The summed E-state index contributed by atoms with van der Waals surface area (Å²) in [7, 11) is 2.88. The van der Waals surface area contributed by atoms with Gasteiger partial charge in [-0.2, -0.15) is 0 Å². The number of methoxy groups -OCH3 is 2. The molecule has 0 bridgehead atoms. The van der Waals surface area contributed by atoms with Crippen molar-refractivity contribution in [3.8, 4) is 17.2 Å². The number of ether oxygens (including phenoxy) is 2. The van der Waals surface area contributed by atoms with E-state index in [1.165, 1.54) is 26.5 Å². The third-order valence-electron chi connectivity index (χ3n) is 2.98. The fraction of sp³-hybridized carbons (Fsp3) is 0.200. The summed E-state index contributed by atoms with van der Waals surface area (Å²) < 4.78 is 10.1. The SMILES string of the molecule is COc1cc(CNC(=O)c2ccnc(Cl)c2)cc(OC)c1O. The Morgan fingerprint density at radius 1 is 1.27 bits per heavy atom. The van der Waals surface area contributed by atoms with Crippen molar-refractivity contribution < 1.29 is 19.4 Å². The summed E-state index contributed by atoms with van der Waals surface area (Å²) >= 11 is 5.75. The Labute approximate surface area is 132 Å². The molecule has 116 valence electrons. The van der Waals surface area contributed by atoms with Gasteiger partial charge in [-0.25, -0.2) is 4.98 Å². The maximum absolute atomic E-state index is 12.0. The molecule has 0 saturated heterocycles. The predicted octanol–water partition coefficient (Wildman–Crippen LogP) is 2.39. The highest BCUT2D eigenvalue weighted by atomic mass is 35.5. The molecule has 2 aromatic rings. The van der Waals surface area contributed by atoms with Gasteiger partial charge in [0.2, 0.25) is 5.75 Å². The van der Waals surface area contributed by atoms with E-state index in [-0.39, 0.29) is 34.9 Å². The topological polar surface area (TPSA) is 80.7 Å². The lowest BCUT2D eigenvalue weighted by Crippen LogP contribution is -2.22. The molecule has 6 nitrogen and oxygen atoms in total. The summed E-state index contributed by atoms with van der Waals surface area (Å²) in [5.74, 6) is 0.183. The lowest BCUT2D eigenvalue weighted by Gasteiger charge is -2.12. The summed E-state index contributed by atoms with van der Waals surface area (Å²) in [5, 5.41) is 12.8. The van der Waals surface area contributed by atoms with E-state index in [4.69, 9.17) is 21.1 Å². The van der Waals surface area contributed by atoms with Crippen LogP contribution < -0.4 is 14.8 Å². The number of benzene rings is 1. The molecule has 1 amide bonds. The number of hydrogen-bond acceptors (Lipinski definition) is 5. The zero-order valence-corrected chi connectivity index (χ0v) is 12.8. The highest BCUT2D eigenvalue weighted by Crippen LogP contribution is 2.37. The third-order valence-corrected chi connectivity index (χ3v) is 3.19. The van der Waals surface area contributed by atoms with E-state index < -0.39 is 0 Å². The summed E-state index contributed by atoms with van der Waals surface area (Å²) in [4.78, 5) is 15.9. The van der Waals surface area contributed by atoms with E-state index in [0.29, 0.717) is 5.56 Å². The molecule has 1 aromatic carbocycles. The monoisotopic (exact) mass is 322 g/mol. The molecule has 0 saturated carbocycles. The van der Waals surface area contributed by atoms with Gasteiger partial charge in [0.05, 0.1) is 14.2 Å². The van der Waals surface area contributed by atoms with Crippen LogP contribution in [0.15, 0.2) is 30.5 Å². The summed E-state index contributed by atoms with van der Waals surface area (Å²) in [6.45, 7) is 0.242. The number of nitrogens with one attached hydrogen (secondary N) is 1. The zero-order chi connectivity index (χ0) is 16.1. The fourth-order valence-corrected chi connectivity index (χ4v) is 2.05. The van der Waals surface area contributed by atoms with Crippen molar-refractivity contribution in [2.45, 2.75) is 6.54 Å². The van der Waals surface area contributed by atoms with Crippen molar-refractivity contribution in [3.63, 3.8) is 0 Å². The van der Waals surface area contributed by atoms with Gasteiger partial charge in [0.1, 0.15) is 5.15 Å². The van der Waals surface area contributed by atoms with Crippen LogP contribution in [-0.2, 0) is 6.54 Å². The first kappa shape index (κ1) is 15.9. The summed E-state index contributed by atoms with van der Waals surface area (Å²) in [6.07, 6.45) is 1.46. The van der Waals surface area contributed by atoms with Gasteiger partial charge in [-0.1, -0.05) is 11.6 Å². The van der Waals surface area contributed by atoms with E-state index in [9.17, 15) is 9.90 Å². The highest BCUT2D eigenvalue weighted by Gasteiger charge is 2.12. The first-order chi connectivity index (χ1) is 10.5. The van der Waals surface area contributed by atoms with Crippen molar-refractivity contribution >= 4 is 17.5 Å². The van der Waals surface area contributed by atoms with Crippen LogP contribution in [0.25, 0.3) is 0 Å². The number of halogens is 1. The minimum Gasteiger partial charge on any atom is -0.502 e. The molecule has 2 rings (SSSR count). The Bertz CT molecular complexity index is 666. The molecule has 0 radical (unpaired) electrons. The fourth-order valence-electron chi connectivity index (χ4n) is 1.88. The number of phenolic OH excluding ortho intramolecular Hbond substituents is 1. The van der Waals surface area contributed by atoms with E-state index >= 15 is 0 Å². The van der Waals surface area contributed by atoms with Crippen molar-refractivity contribution in [1.29, 1.82) is 0 Å². The van der Waals surface area contributed by atoms with Crippen molar-refractivity contribution in [2.24, 2.45) is 0 Å². The predicted molar refractivity (Wildman–Crippen MR) is 81.6 cm³/mol. The van der Waals surface area contributed by atoms with Crippen LogP contribution in [0.4, 0.5) is 0 Å². The maximum atomic E-state index is 12.0. The Hall–Kier alpha value is -2.47. The van der Waals surface area contributed by atoms with E-state index in [1.54, 1.807) is 18.2 Å². The average Bonchev–Trinajstić information content (AvgIpc) is 2.53. The molecule has 0 fully saturated rings. The van der Waals surface area contributed by atoms with Crippen molar-refractivity contribution in [1.82, 2.24) is 10.3 Å². The molecular formula is C15H15ClN2O4. The van der Waals surface area contributed by atoms with Crippen LogP contribution in [0.3, 0.4) is 0 Å². The number of aromatic hydroxyl groups is 1. The largest absolute Gasteiger partial charge is 0.502 e. The number of amides is 1. The third kappa shape index (κ3) is 3.59. The molecule has 2 N–H and O–H groups in total. The second-order valence-electron chi connectivity index (χ2n) is 4.40. The van der Waals surface area contributed by atoms with Gasteiger partial charge in [-0.15, -0.1) is 0 Å². The van der Waals surface area contributed by atoms with Crippen LogP contribution >= 0.6 is 11.6 Å². The molecule has 0 aliphatic carbocycles. The second-order valence-corrected chi connectivity index (χ2v) is 4.79. The smallest absolute Gasteiger partial charge is 0.251 e. The van der Waals surface area contributed by atoms with Gasteiger partial charge >= 0.3 is 0 Å². The Morgan fingerprint density at radius 2 is 1.91 bits per heavy atom. The number of carbonyl (C=O) groups excluding carboxylic acids is 1. The first-order valence-electron chi connectivity index (χ1n) is 6.38. The standard InChI is InChI=1S/C15H15ClN2O4/c1-21-11-5-9(6-12(22-2)14(11)19)8-18-15(20)10-3-4-17-13(16)7-10/h3-7,19H,8H2,1-2H3,(H,18,20). The number of carbonyl (C=O) groups is 1. The van der Waals surface area contributed by atoms with E-state index in [0.717, 1.165) is 5.56 Å². The number of rotatable bonds is 5. The average molecular weight is 323 g/mol. The molecule has 0 unspecified atom stereocenters. The summed E-state index contributed by atoms with van der Waals surface area (Å²) in [5.41, 5.74) is 1.14. The van der Waals surface area contributed by atoms with Gasteiger partial charge in [0.15, 0.2) is 11.5 Å². The van der Waals surface area contributed by atoms with Gasteiger partial charge in [-0.3, -0.25) is 4.79 Å². The molecule has 22 heavy (non-hydrogen) atoms.